The molecule has 0 N–H and O–H groups in total. The van der Waals surface area contributed by atoms with Gasteiger partial charge in [-0.25, -0.2) is 14.5 Å². The Hall–Kier alpha value is -2.12. The summed E-state index contributed by atoms with van der Waals surface area (Å²) in [6.45, 7) is 7.19. The summed E-state index contributed by atoms with van der Waals surface area (Å²) < 4.78 is 13.5. The van der Waals surface area contributed by atoms with Gasteiger partial charge in [-0.3, -0.25) is 4.90 Å². The molecule has 178 valence electrons. The minimum Gasteiger partial charge on any atom is -0.444 e. The van der Waals surface area contributed by atoms with Gasteiger partial charge < -0.3 is 9.47 Å². The predicted molar refractivity (Wildman–Crippen MR) is 126 cm³/mol. The molecule has 2 aromatic rings. The molecular weight excluding hydrogens is 440 g/mol. The van der Waals surface area contributed by atoms with Crippen molar-refractivity contribution in [1.29, 1.82) is 0 Å². The molecule has 3 fully saturated rings. The first kappa shape index (κ1) is 22.7. The maximum atomic E-state index is 13.4. The van der Waals surface area contributed by atoms with Gasteiger partial charge in [-0.1, -0.05) is 11.6 Å². The average Bonchev–Trinajstić information content (AvgIpc) is 3.37. The molecule has 8 heteroatoms. The molecule has 1 aromatic heterocycles. The Balaban J connectivity index is 1.53. The second-order valence-corrected chi connectivity index (χ2v) is 10.9. The molecule has 1 amide bonds. The summed E-state index contributed by atoms with van der Waals surface area (Å²) in [7, 11) is 0. The Kier molecular flexibility index (Phi) is 6.12. The van der Waals surface area contributed by atoms with Crippen LogP contribution >= 0.6 is 11.6 Å². The van der Waals surface area contributed by atoms with Crippen LogP contribution in [0.15, 0.2) is 24.3 Å². The van der Waals surface area contributed by atoms with Crippen molar-refractivity contribution in [1.82, 2.24) is 19.7 Å². The third-order valence-electron chi connectivity index (χ3n) is 6.79. The van der Waals surface area contributed by atoms with Crippen LogP contribution < -0.4 is 0 Å². The molecule has 1 aliphatic carbocycles. The zero-order valence-corrected chi connectivity index (χ0v) is 20.4. The van der Waals surface area contributed by atoms with Crippen LogP contribution in [0.5, 0.6) is 0 Å². The molecule has 33 heavy (non-hydrogen) atoms. The summed E-state index contributed by atoms with van der Waals surface area (Å²) in [5.74, 6) is 2.10. The number of halogens is 1. The van der Waals surface area contributed by atoms with Crippen molar-refractivity contribution in [2.24, 2.45) is 5.92 Å². The van der Waals surface area contributed by atoms with Crippen molar-refractivity contribution in [3.8, 4) is 11.4 Å². The van der Waals surface area contributed by atoms with Crippen molar-refractivity contribution in [3.63, 3.8) is 0 Å². The van der Waals surface area contributed by atoms with E-state index in [1.165, 1.54) is 12.8 Å². The van der Waals surface area contributed by atoms with Crippen molar-refractivity contribution in [2.75, 3.05) is 13.2 Å². The van der Waals surface area contributed by atoms with Crippen molar-refractivity contribution >= 4 is 17.7 Å². The van der Waals surface area contributed by atoms with Crippen LogP contribution in [0.25, 0.3) is 11.4 Å². The topological polar surface area (TPSA) is 69.5 Å². The van der Waals surface area contributed by atoms with Crippen molar-refractivity contribution in [2.45, 2.75) is 83.0 Å². The number of benzene rings is 1. The molecular formula is C25H33ClN4O3. The molecule has 0 spiro atoms. The van der Waals surface area contributed by atoms with Gasteiger partial charge in [-0.05, 0) is 89.5 Å². The number of amides is 1. The second kappa shape index (κ2) is 8.91. The fourth-order valence-electron chi connectivity index (χ4n) is 5.09. The van der Waals surface area contributed by atoms with Crippen LogP contribution in [0, 0.1) is 5.92 Å². The number of carbonyl (C=O) groups excluding carboxylic acids is 1. The van der Waals surface area contributed by atoms with Gasteiger partial charge in [0.2, 0.25) is 0 Å². The van der Waals surface area contributed by atoms with Crippen LogP contribution in [0.4, 0.5) is 4.79 Å². The predicted octanol–water partition coefficient (Wildman–Crippen LogP) is 5.80. The first-order chi connectivity index (χ1) is 15.8. The zero-order chi connectivity index (χ0) is 23.2. The normalized spacial score (nSPS) is 24.3. The Labute approximate surface area is 200 Å². The van der Waals surface area contributed by atoms with Gasteiger partial charge in [0.15, 0.2) is 11.6 Å². The van der Waals surface area contributed by atoms with Gasteiger partial charge in [0.1, 0.15) is 5.60 Å². The third-order valence-corrected chi connectivity index (χ3v) is 7.05. The number of rotatable bonds is 4. The van der Waals surface area contributed by atoms with Gasteiger partial charge in [0.05, 0.1) is 12.1 Å². The lowest BCUT2D eigenvalue weighted by atomic mass is 10.1. The van der Waals surface area contributed by atoms with E-state index in [-0.39, 0.29) is 24.2 Å². The first-order valence-corrected chi connectivity index (χ1v) is 12.5. The van der Waals surface area contributed by atoms with Crippen molar-refractivity contribution < 1.29 is 14.3 Å². The Morgan fingerprint density at radius 3 is 2.39 bits per heavy atom. The quantitative estimate of drug-likeness (QED) is 0.562. The highest BCUT2D eigenvalue weighted by atomic mass is 35.5. The monoisotopic (exact) mass is 472 g/mol. The fraction of sp³-hybridized carbons (Fsp3) is 0.640. The minimum atomic E-state index is -0.541. The molecule has 1 saturated carbocycles. The highest BCUT2D eigenvalue weighted by Gasteiger charge is 2.48. The molecule has 7 nitrogen and oxygen atoms in total. The molecule has 0 bridgehead atoms. The SMILES string of the molecule is CC(C)(C)OC(=O)N1C(c2nc(-c3ccc(Cl)cc3)nn2C2CCOCC2)CCC1C1CC1. The van der Waals surface area contributed by atoms with E-state index >= 15 is 0 Å². The Bertz CT molecular complexity index is 990. The molecule has 1 aromatic carbocycles. The number of hydrogen-bond acceptors (Lipinski definition) is 5. The van der Waals surface area contributed by atoms with E-state index in [9.17, 15) is 4.79 Å². The molecule has 2 saturated heterocycles. The molecule has 2 atom stereocenters. The molecule has 2 unspecified atom stereocenters. The van der Waals surface area contributed by atoms with Gasteiger partial charge in [-0.15, -0.1) is 0 Å². The summed E-state index contributed by atoms with van der Waals surface area (Å²) in [5, 5.41) is 5.64. The van der Waals surface area contributed by atoms with Crippen LogP contribution in [0.1, 0.15) is 77.2 Å². The van der Waals surface area contributed by atoms with E-state index in [1.54, 1.807) is 0 Å². The van der Waals surface area contributed by atoms with E-state index in [2.05, 4.69) is 4.68 Å². The second-order valence-electron chi connectivity index (χ2n) is 10.5. The summed E-state index contributed by atoms with van der Waals surface area (Å²) in [6, 6.07) is 7.90. The summed E-state index contributed by atoms with van der Waals surface area (Å²) in [4.78, 5) is 20.4. The van der Waals surface area contributed by atoms with Gasteiger partial charge in [-0.2, -0.15) is 5.10 Å². The molecule has 3 heterocycles. The summed E-state index contributed by atoms with van der Waals surface area (Å²) >= 11 is 6.10. The van der Waals surface area contributed by atoms with Crippen LogP contribution in [-0.2, 0) is 9.47 Å². The third kappa shape index (κ3) is 4.90. The highest BCUT2D eigenvalue weighted by molar-refractivity contribution is 6.30. The highest BCUT2D eigenvalue weighted by Crippen LogP contribution is 2.47. The number of hydrogen-bond donors (Lipinski definition) is 0. The number of likely N-dealkylation sites (tertiary alicyclic amines) is 1. The standard InChI is InChI=1S/C25H33ClN4O3/c1-25(2,3)33-24(31)29-20(16-4-5-16)10-11-21(29)23-27-22(17-6-8-18(26)9-7-17)28-30(23)19-12-14-32-15-13-19/h6-9,16,19-21H,4-5,10-15H2,1-3H3. The smallest absolute Gasteiger partial charge is 0.411 e. The largest absolute Gasteiger partial charge is 0.444 e. The maximum Gasteiger partial charge on any atom is 0.411 e. The molecule has 0 radical (unpaired) electrons. The van der Waals surface area contributed by atoms with Gasteiger partial charge in [0.25, 0.3) is 0 Å². The summed E-state index contributed by atoms with van der Waals surface area (Å²) in [6.07, 6.45) is 5.76. The average molecular weight is 473 g/mol. The number of ether oxygens (including phenoxy) is 2. The minimum absolute atomic E-state index is 0.137. The lowest BCUT2D eigenvalue weighted by Crippen LogP contribution is -2.43. The van der Waals surface area contributed by atoms with E-state index in [1.807, 2.05) is 49.9 Å². The van der Waals surface area contributed by atoms with Crippen LogP contribution in [0.3, 0.4) is 0 Å². The lowest BCUT2D eigenvalue weighted by Gasteiger charge is -2.33. The van der Waals surface area contributed by atoms with Gasteiger partial charge >= 0.3 is 6.09 Å². The van der Waals surface area contributed by atoms with E-state index < -0.39 is 5.60 Å². The number of carbonyl (C=O) groups is 1. The Morgan fingerprint density at radius 1 is 1.06 bits per heavy atom. The van der Waals surface area contributed by atoms with E-state index in [0.717, 1.165) is 37.1 Å². The number of nitrogens with zero attached hydrogens (tertiary/aromatic N) is 4. The number of aromatic nitrogens is 3. The first-order valence-electron chi connectivity index (χ1n) is 12.1. The van der Waals surface area contributed by atoms with Gasteiger partial charge in [0, 0.05) is 29.8 Å². The molecule has 5 rings (SSSR count). The summed E-state index contributed by atoms with van der Waals surface area (Å²) in [5.41, 5.74) is 0.383. The van der Waals surface area contributed by atoms with E-state index in [0.29, 0.717) is 30.0 Å². The maximum absolute atomic E-state index is 13.4. The van der Waals surface area contributed by atoms with E-state index in [4.69, 9.17) is 31.2 Å². The van der Waals surface area contributed by atoms with Crippen LogP contribution in [0.2, 0.25) is 5.02 Å². The lowest BCUT2D eigenvalue weighted by molar-refractivity contribution is 0.0104. The molecule has 3 aliphatic rings. The molecule has 2 aliphatic heterocycles. The fourth-order valence-corrected chi connectivity index (χ4v) is 5.22. The zero-order valence-electron chi connectivity index (χ0n) is 19.7. The Morgan fingerprint density at radius 2 is 1.76 bits per heavy atom. The van der Waals surface area contributed by atoms with Crippen molar-refractivity contribution in [3.05, 3.63) is 35.1 Å². The van der Waals surface area contributed by atoms with Crippen LogP contribution in [-0.4, -0.2) is 50.6 Å².